The lowest BCUT2D eigenvalue weighted by atomic mass is 10.1. The van der Waals surface area contributed by atoms with Crippen LogP contribution in [-0.4, -0.2) is 17.6 Å². The summed E-state index contributed by atoms with van der Waals surface area (Å²) >= 11 is 4.91. The lowest BCUT2D eigenvalue weighted by molar-refractivity contribution is -0.120. The van der Waals surface area contributed by atoms with Crippen LogP contribution in [0, 0.1) is 11.8 Å². The van der Waals surface area contributed by atoms with Gasteiger partial charge < -0.3 is 10.4 Å². The number of carbonyl (C=O) groups is 1. The molecular weight excluding hydrogens is 350 g/mol. The molecule has 1 aromatic carbocycles. The topological polar surface area (TPSA) is 49.3 Å². The third kappa shape index (κ3) is 5.35. The molecule has 0 bridgehead atoms. The highest BCUT2D eigenvalue weighted by Crippen LogP contribution is 2.15. The summed E-state index contributed by atoms with van der Waals surface area (Å²) in [4.78, 5) is 13.8. The van der Waals surface area contributed by atoms with E-state index in [0.717, 1.165) is 19.8 Å². The summed E-state index contributed by atoms with van der Waals surface area (Å²) in [6.45, 7) is 0.356. The first kappa shape index (κ1) is 15.8. The zero-order chi connectivity index (χ0) is 15.1. The highest BCUT2D eigenvalue weighted by molar-refractivity contribution is 9.10. The summed E-state index contributed by atoms with van der Waals surface area (Å²) in [5.74, 6) is 5.44. The fourth-order valence-corrected chi connectivity index (χ4v) is 3.02. The first-order valence-electron chi connectivity index (χ1n) is 6.37. The molecule has 3 nitrogen and oxygen atoms in total. The highest BCUT2D eigenvalue weighted by atomic mass is 79.9. The van der Waals surface area contributed by atoms with Crippen LogP contribution >= 0.6 is 27.3 Å². The molecule has 2 rings (SSSR count). The predicted molar refractivity (Wildman–Crippen MR) is 88.0 cm³/mol. The summed E-state index contributed by atoms with van der Waals surface area (Å²) in [7, 11) is 0. The molecule has 0 saturated carbocycles. The van der Waals surface area contributed by atoms with Crippen LogP contribution in [0.2, 0.25) is 0 Å². The third-order valence-electron chi connectivity index (χ3n) is 2.67. The molecule has 1 aromatic heterocycles. The molecule has 2 N–H and O–H groups in total. The number of rotatable bonds is 4. The maximum Gasteiger partial charge on any atom is 0.224 e. The quantitative estimate of drug-likeness (QED) is 0.820. The fourth-order valence-electron chi connectivity index (χ4n) is 1.75. The van der Waals surface area contributed by atoms with E-state index >= 15 is 0 Å². The van der Waals surface area contributed by atoms with Gasteiger partial charge in [-0.05, 0) is 29.8 Å². The molecule has 0 fully saturated rings. The van der Waals surface area contributed by atoms with Crippen LogP contribution in [0.25, 0.3) is 0 Å². The normalized spacial score (nSPS) is 9.81. The highest BCUT2D eigenvalue weighted by Gasteiger charge is 2.05. The molecule has 1 amide bonds. The number of amides is 1. The zero-order valence-corrected chi connectivity index (χ0v) is 13.6. The van der Waals surface area contributed by atoms with Gasteiger partial charge in [0.1, 0.15) is 6.61 Å². The molecule has 0 aliphatic heterocycles. The van der Waals surface area contributed by atoms with Gasteiger partial charge in [-0.3, -0.25) is 4.79 Å². The van der Waals surface area contributed by atoms with E-state index in [4.69, 9.17) is 5.11 Å². The molecule has 0 aliphatic rings. The van der Waals surface area contributed by atoms with E-state index in [9.17, 15) is 4.79 Å². The van der Waals surface area contributed by atoms with Crippen molar-refractivity contribution < 1.29 is 9.90 Å². The van der Waals surface area contributed by atoms with Crippen LogP contribution in [-0.2, 0) is 17.8 Å². The molecular formula is C16H14BrNO2S. The largest absolute Gasteiger partial charge is 0.384 e. The maximum atomic E-state index is 11.9. The second kappa shape index (κ2) is 7.99. The Labute approximate surface area is 136 Å². The van der Waals surface area contributed by atoms with Gasteiger partial charge in [0, 0.05) is 9.35 Å². The monoisotopic (exact) mass is 363 g/mol. The fraction of sp³-hybridized carbons (Fsp3) is 0.188. The molecule has 0 atom stereocenters. The van der Waals surface area contributed by atoms with Crippen molar-refractivity contribution in [2.45, 2.75) is 13.0 Å². The zero-order valence-electron chi connectivity index (χ0n) is 11.2. The Morgan fingerprint density at radius 2 is 2.19 bits per heavy atom. The van der Waals surface area contributed by atoms with Crippen molar-refractivity contribution in [3.05, 3.63) is 56.2 Å². The van der Waals surface area contributed by atoms with Gasteiger partial charge in [0.25, 0.3) is 0 Å². The van der Waals surface area contributed by atoms with Gasteiger partial charge in [-0.15, -0.1) is 11.3 Å². The Morgan fingerprint density at radius 1 is 1.33 bits per heavy atom. The van der Waals surface area contributed by atoms with E-state index in [1.54, 1.807) is 0 Å². The van der Waals surface area contributed by atoms with Gasteiger partial charge in [0.15, 0.2) is 0 Å². The smallest absolute Gasteiger partial charge is 0.224 e. The summed E-state index contributed by atoms with van der Waals surface area (Å²) in [5, 5.41) is 11.5. The maximum absolute atomic E-state index is 11.9. The first-order valence-corrected chi connectivity index (χ1v) is 7.98. The third-order valence-corrected chi connectivity index (χ3v) is 4.16. The average Bonchev–Trinajstić information content (AvgIpc) is 2.91. The molecule has 0 radical (unpaired) electrons. The van der Waals surface area contributed by atoms with Crippen LogP contribution in [0.4, 0.5) is 0 Å². The van der Waals surface area contributed by atoms with Gasteiger partial charge in [-0.2, -0.15) is 0 Å². The van der Waals surface area contributed by atoms with Gasteiger partial charge in [0.2, 0.25) is 5.91 Å². The van der Waals surface area contributed by atoms with E-state index < -0.39 is 0 Å². The predicted octanol–water partition coefficient (Wildman–Crippen LogP) is 2.71. The summed E-state index contributed by atoms with van der Waals surface area (Å²) in [6, 6.07) is 11.5. The first-order chi connectivity index (χ1) is 10.2. The number of hydrogen-bond acceptors (Lipinski definition) is 3. The molecule has 108 valence electrons. The van der Waals surface area contributed by atoms with E-state index in [1.165, 1.54) is 11.3 Å². The van der Waals surface area contributed by atoms with Crippen molar-refractivity contribution >= 4 is 33.2 Å². The minimum absolute atomic E-state index is 0.00973. The Hall–Kier alpha value is -1.61. The van der Waals surface area contributed by atoms with Gasteiger partial charge in [0.05, 0.1) is 17.8 Å². The van der Waals surface area contributed by atoms with E-state index in [1.807, 2.05) is 36.4 Å². The van der Waals surface area contributed by atoms with Gasteiger partial charge >= 0.3 is 0 Å². The second-order valence-electron chi connectivity index (χ2n) is 4.31. The Kier molecular flexibility index (Phi) is 6.00. The van der Waals surface area contributed by atoms with Crippen LogP contribution in [0.1, 0.15) is 15.3 Å². The summed E-state index contributed by atoms with van der Waals surface area (Å²) < 4.78 is 0.971. The average molecular weight is 364 g/mol. The molecule has 0 saturated heterocycles. The number of benzene rings is 1. The molecule has 21 heavy (non-hydrogen) atoms. The number of carbonyl (C=O) groups excluding carboxylic acids is 1. The van der Waals surface area contributed by atoms with Crippen LogP contribution in [0.5, 0.6) is 0 Å². The minimum Gasteiger partial charge on any atom is -0.384 e. The molecule has 0 unspecified atom stereocenters. The van der Waals surface area contributed by atoms with Crippen molar-refractivity contribution in [1.29, 1.82) is 0 Å². The SMILES string of the molecule is O=C(Cc1cccc(Br)c1)NCc1ccc(C#CCO)s1. The Morgan fingerprint density at radius 3 is 2.95 bits per heavy atom. The van der Waals surface area contributed by atoms with Crippen molar-refractivity contribution in [2.75, 3.05) is 6.61 Å². The number of aliphatic hydroxyl groups is 1. The standard InChI is InChI=1S/C16H14BrNO2S/c17-13-4-1-3-12(9-13)10-16(20)18-11-15-7-6-14(21-15)5-2-8-19/h1,3-4,6-7,9,19H,8,10-11H2,(H,18,20). The Balaban J connectivity index is 1.85. The lowest BCUT2D eigenvalue weighted by Gasteiger charge is -2.04. The number of thiophene rings is 1. The molecule has 0 spiro atoms. The summed E-state index contributed by atoms with van der Waals surface area (Å²) in [6.07, 6.45) is 0.363. The van der Waals surface area contributed by atoms with Crippen LogP contribution in [0.3, 0.4) is 0 Å². The second-order valence-corrected chi connectivity index (χ2v) is 6.39. The number of aliphatic hydroxyl groups excluding tert-OH is 1. The van der Waals surface area contributed by atoms with Crippen LogP contribution in [0.15, 0.2) is 40.9 Å². The van der Waals surface area contributed by atoms with E-state index in [0.29, 0.717) is 13.0 Å². The molecule has 1 heterocycles. The number of hydrogen-bond donors (Lipinski definition) is 2. The molecule has 2 aromatic rings. The molecule has 5 heteroatoms. The number of nitrogens with one attached hydrogen (secondary N) is 1. The Bertz CT molecular complexity index is 685. The van der Waals surface area contributed by atoms with Crippen molar-refractivity contribution in [2.24, 2.45) is 0 Å². The van der Waals surface area contributed by atoms with Crippen LogP contribution < -0.4 is 5.32 Å². The van der Waals surface area contributed by atoms with Gasteiger partial charge in [-0.25, -0.2) is 0 Å². The summed E-state index contributed by atoms with van der Waals surface area (Å²) in [5.41, 5.74) is 0.975. The lowest BCUT2D eigenvalue weighted by Crippen LogP contribution is -2.24. The van der Waals surface area contributed by atoms with Gasteiger partial charge in [-0.1, -0.05) is 39.9 Å². The minimum atomic E-state index is -0.142. The molecule has 0 aliphatic carbocycles. The van der Waals surface area contributed by atoms with E-state index in [2.05, 4.69) is 33.1 Å². The van der Waals surface area contributed by atoms with Crippen molar-refractivity contribution in [1.82, 2.24) is 5.32 Å². The van der Waals surface area contributed by atoms with Crippen molar-refractivity contribution in [3.8, 4) is 11.8 Å². The van der Waals surface area contributed by atoms with E-state index in [-0.39, 0.29) is 12.5 Å². The van der Waals surface area contributed by atoms with Crippen molar-refractivity contribution in [3.63, 3.8) is 0 Å². The number of halogens is 1.